The predicted octanol–water partition coefficient (Wildman–Crippen LogP) is 2.08. The second-order valence-electron chi connectivity index (χ2n) is 9.15. The summed E-state index contributed by atoms with van der Waals surface area (Å²) in [6, 6.07) is 5.03. The number of aliphatic hydroxyl groups excluding tert-OH is 1. The summed E-state index contributed by atoms with van der Waals surface area (Å²) in [5.41, 5.74) is 0.172. The third-order valence-corrected chi connectivity index (χ3v) is 8.28. The smallest absolute Gasteiger partial charge is 0.338 e. The van der Waals surface area contributed by atoms with Crippen LogP contribution in [-0.2, 0) is 33.9 Å². The highest BCUT2D eigenvalue weighted by Gasteiger charge is 2.39. The van der Waals surface area contributed by atoms with Crippen molar-refractivity contribution in [3.05, 3.63) is 29.8 Å². The third kappa shape index (κ3) is 7.26. The SMILES string of the molecule is O=C(O)CCCC(=O)OCC1CCC(COC(=O)c2ccc(S(=O)(=O)N3C(=O)CCC3O)cc2)CC1. The van der Waals surface area contributed by atoms with Crippen molar-refractivity contribution < 1.29 is 47.3 Å². The summed E-state index contributed by atoms with van der Waals surface area (Å²) in [7, 11) is -4.21. The van der Waals surface area contributed by atoms with Gasteiger partial charge in [-0.05, 0) is 68.2 Å². The van der Waals surface area contributed by atoms with Gasteiger partial charge in [-0.3, -0.25) is 14.4 Å². The van der Waals surface area contributed by atoms with Crippen LogP contribution in [0.2, 0.25) is 0 Å². The van der Waals surface area contributed by atoms with Gasteiger partial charge >= 0.3 is 17.9 Å². The van der Waals surface area contributed by atoms with E-state index in [2.05, 4.69) is 0 Å². The molecule has 36 heavy (non-hydrogen) atoms. The van der Waals surface area contributed by atoms with Crippen LogP contribution in [0.4, 0.5) is 0 Å². The van der Waals surface area contributed by atoms with Crippen LogP contribution in [-0.4, -0.2) is 66.2 Å². The number of esters is 2. The fraction of sp³-hybridized carbons (Fsp3) is 0.583. The van der Waals surface area contributed by atoms with Gasteiger partial charge in [0.2, 0.25) is 5.91 Å². The van der Waals surface area contributed by atoms with E-state index in [0.717, 1.165) is 25.7 Å². The maximum Gasteiger partial charge on any atom is 0.338 e. The Morgan fingerprint density at radius 2 is 1.50 bits per heavy atom. The molecule has 1 saturated carbocycles. The molecule has 0 aromatic heterocycles. The molecule has 2 fully saturated rings. The van der Waals surface area contributed by atoms with Crippen LogP contribution in [0.25, 0.3) is 0 Å². The number of sulfonamides is 1. The molecule has 0 spiro atoms. The van der Waals surface area contributed by atoms with Crippen LogP contribution in [0, 0.1) is 11.8 Å². The Kier molecular flexibility index (Phi) is 9.43. The van der Waals surface area contributed by atoms with Crippen molar-refractivity contribution in [3.8, 4) is 0 Å². The second kappa shape index (κ2) is 12.3. The molecule has 3 rings (SSSR count). The van der Waals surface area contributed by atoms with Gasteiger partial charge in [0, 0.05) is 25.7 Å². The van der Waals surface area contributed by atoms with E-state index in [9.17, 15) is 32.7 Å². The van der Waals surface area contributed by atoms with E-state index in [1.54, 1.807) is 0 Å². The zero-order chi connectivity index (χ0) is 26.3. The maximum absolute atomic E-state index is 12.6. The van der Waals surface area contributed by atoms with Gasteiger partial charge in [-0.2, -0.15) is 0 Å². The molecule has 1 aromatic rings. The Morgan fingerprint density at radius 1 is 0.917 bits per heavy atom. The van der Waals surface area contributed by atoms with Crippen molar-refractivity contribution in [3.63, 3.8) is 0 Å². The second-order valence-corrected chi connectivity index (χ2v) is 11.0. The number of aliphatic hydroxyl groups is 1. The Morgan fingerprint density at radius 3 is 2.03 bits per heavy atom. The van der Waals surface area contributed by atoms with Gasteiger partial charge in [0.15, 0.2) is 0 Å². The zero-order valence-electron chi connectivity index (χ0n) is 19.8. The summed E-state index contributed by atoms with van der Waals surface area (Å²) >= 11 is 0. The van der Waals surface area contributed by atoms with Gasteiger partial charge in [-0.15, -0.1) is 0 Å². The first kappa shape index (κ1) is 27.6. The van der Waals surface area contributed by atoms with E-state index in [0.29, 0.717) is 10.9 Å². The summed E-state index contributed by atoms with van der Waals surface area (Å²) in [6.07, 6.45) is 2.13. The number of ether oxygens (including phenoxy) is 2. The van der Waals surface area contributed by atoms with E-state index in [1.807, 2.05) is 0 Å². The molecular formula is C24H31NO10S. The molecule has 1 heterocycles. The molecule has 1 aliphatic carbocycles. The number of hydrogen-bond donors (Lipinski definition) is 2. The Labute approximate surface area is 209 Å². The average Bonchev–Trinajstić information content (AvgIpc) is 3.20. The lowest BCUT2D eigenvalue weighted by atomic mass is 9.83. The number of carboxylic acids is 1. The van der Waals surface area contributed by atoms with Gasteiger partial charge in [-0.1, -0.05) is 0 Å². The topological polar surface area (TPSA) is 165 Å². The van der Waals surface area contributed by atoms with Crippen LogP contribution in [0.1, 0.15) is 68.1 Å². The summed E-state index contributed by atoms with van der Waals surface area (Å²) < 4.78 is 36.4. The molecule has 1 unspecified atom stereocenters. The summed E-state index contributed by atoms with van der Waals surface area (Å²) in [6.45, 7) is 0.517. The molecule has 1 aromatic carbocycles. The van der Waals surface area contributed by atoms with Gasteiger partial charge in [-0.25, -0.2) is 17.5 Å². The summed E-state index contributed by atoms with van der Waals surface area (Å²) in [4.78, 5) is 46.2. The van der Waals surface area contributed by atoms with Gasteiger partial charge in [0.05, 0.1) is 23.7 Å². The minimum atomic E-state index is -4.21. The lowest BCUT2D eigenvalue weighted by molar-refractivity contribution is -0.146. The van der Waals surface area contributed by atoms with Gasteiger partial charge < -0.3 is 19.7 Å². The fourth-order valence-electron chi connectivity index (χ4n) is 4.33. The number of hydrogen-bond acceptors (Lipinski definition) is 9. The minimum Gasteiger partial charge on any atom is -0.481 e. The van der Waals surface area contributed by atoms with E-state index >= 15 is 0 Å². The molecular weight excluding hydrogens is 494 g/mol. The first-order valence-corrected chi connectivity index (χ1v) is 13.4. The Balaban J connectivity index is 1.40. The third-order valence-electron chi connectivity index (χ3n) is 6.45. The quantitative estimate of drug-likeness (QED) is 0.409. The highest BCUT2D eigenvalue weighted by Crippen LogP contribution is 2.30. The molecule has 0 bridgehead atoms. The number of benzene rings is 1. The van der Waals surface area contributed by atoms with E-state index < -0.39 is 40.1 Å². The van der Waals surface area contributed by atoms with Crippen molar-refractivity contribution in [2.45, 2.75) is 68.9 Å². The molecule has 2 N–H and O–H groups in total. The first-order chi connectivity index (χ1) is 17.1. The molecule has 1 atom stereocenters. The van der Waals surface area contributed by atoms with E-state index in [1.165, 1.54) is 24.3 Å². The average molecular weight is 526 g/mol. The molecule has 12 heteroatoms. The molecule has 1 aliphatic heterocycles. The lowest BCUT2D eigenvalue weighted by Gasteiger charge is -2.27. The minimum absolute atomic E-state index is 0.0458. The van der Waals surface area contributed by atoms with E-state index in [-0.39, 0.29) is 61.0 Å². The predicted molar refractivity (Wildman–Crippen MR) is 124 cm³/mol. The lowest BCUT2D eigenvalue weighted by Crippen LogP contribution is -2.38. The summed E-state index contributed by atoms with van der Waals surface area (Å²) in [5, 5.41) is 18.4. The Hall–Kier alpha value is -2.99. The number of nitrogens with zero attached hydrogens (tertiary/aromatic N) is 1. The number of carbonyl (C=O) groups excluding carboxylic acids is 3. The molecule has 198 valence electrons. The fourth-order valence-corrected chi connectivity index (χ4v) is 5.82. The van der Waals surface area contributed by atoms with Crippen molar-refractivity contribution in [1.82, 2.24) is 4.31 Å². The Bertz CT molecular complexity index is 1060. The molecule has 1 saturated heterocycles. The number of amides is 1. The maximum atomic E-state index is 12.6. The van der Waals surface area contributed by atoms with Crippen LogP contribution in [0.5, 0.6) is 0 Å². The van der Waals surface area contributed by atoms with Crippen molar-refractivity contribution >= 4 is 33.8 Å². The molecule has 1 amide bonds. The van der Waals surface area contributed by atoms with Gasteiger partial charge in [0.1, 0.15) is 6.23 Å². The van der Waals surface area contributed by atoms with Gasteiger partial charge in [0.25, 0.3) is 10.0 Å². The van der Waals surface area contributed by atoms with Crippen LogP contribution in [0.3, 0.4) is 0 Å². The van der Waals surface area contributed by atoms with Crippen molar-refractivity contribution in [2.75, 3.05) is 13.2 Å². The van der Waals surface area contributed by atoms with Crippen LogP contribution >= 0.6 is 0 Å². The van der Waals surface area contributed by atoms with Crippen LogP contribution in [0.15, 0.2) is 29.2 Å². The van der Waals surface area contributed by atoms with E-state index in [4.69, 9.17) is 14.6 Å². The first-order valence-electron chi connectivity index (χ1n) is 12.0. The van der Waals surface area contributed by atoms with Crippen LogP contribution < -0.4 is 0 Å². The monoisotopic (exact) mass is 525 g/mol. The number of aliphatic carboxylic acids is 1. The van der Waals surface area contributed by atoms with Crippen molar-refractivity contribution in [2.24, 2.45) is 11.8 Å². The summed E-state index contributed by atoms with van der Waals surface area (Å²) in [5.74, 6) is -2.21. The highest BCUT2D eigenvalue weighted by atomic mass is 32.2. The highest BCUT2D eigenvalue weighted by molar-refractivity contribution is 7.89. The normalized spacial score (nSPS) is 22.3. The largest absolute Gasteiger partial charge is 0.481 e. The molecule has 2 aliphatic rings. The molecule has 11 nitrogen and oxygen atoms in total. The number of carbonyl (C=O) groups is 4. The number of carboxylic acid groups (broad SMARTS) is 1. The molecule has 0 radical (unpaired) electrons. The zero-order valence-corrected chi connectivity index (χ0v) is 20.7. The van der Waals surface area contributed by atoms with Crippen molar-refractivity contribution in [1.29, 1.82) is 0 Å². The number of rotatable bonds is 11. The standard InChI is InChI=1S/C24H31NO10S/c26-20-12-13-21(27)25(20)36(32,33)19-10-8-18(9-11-19)24(31)35-15-17-6-4-16(5-7-17)14-34-23(30)3-1-2-22(28)29/h8-11,16-17,20,26H,1-7,12-15H2,(H,28,29).